The van der Waals surface area contributed by atoms with E-state index in [1.807, 2.05) is 88.4 Å². The van der Waals surface area contributed by atoms with Gasteiger partial charge < -0.3 is 76.2 Å². The molecule has 0 saturated heterocycles. The third-order valence-electron chi connectivity index (χ3n) is 18.3. The molecule has 49 heteroatoms. The van der Waals surface area contributed by atoms with Crippen molar-refractivity contribution in [2.24, 2.45) is 0 Å². The van der Waals surface area contributed by atoms with Gasteiger partial charge in [-0.15, -0.1) is 0 Å². The molecule has 0 fully saturated rings. The number of carbonyl (C=O) groups is 5. The first-order valence-electron chi connectivity index (χ1n) is 39.3. The second-order valence-electron chi connectivity index (χ2n) is 29.5. The topological polar surface area (TPSA) is 672 Å². The van der Waals surface area contributed by atoms with Gasteiger partial charge in [0, 0.05) is 33.0 Å². The number of phenols is 3. The lowest BCUT2D eigenvalue weighted by Crippen LogP contribution is -2.11. The van der Waals surface area contributed by atoms with Crippen LogP contribution >= 0.6 is 34.8 Å². The van der Waals surface area contributed by atoms with Crippen molar-refractivity contribution >= 4 is 178 Å². The van der Waals surface area contributed by atoms with Gasteiger partial charge in [0.05, 0.1) is 104 Å². The molecular weight excluding hydrogens is 2090 g/mol. The third kappa shape index (κ3) is 38.2. The van der Waals surface area contributed by atoms with Crippen LogP contribution in [0.3, 0.4) is 0 Å². The predicted octanol–water partition coefficient (Wildman–Crippen LogP) is 15.0. The molecule has 141 heavy (non-hydrogen) atoms. The number of ether oxygens (including phenoxy) is 3. The molecule has 13 rings (SSSR count). The predicted molar refractivity (Wildman–Crippen MR) is 508 cm³/mol. The first-order valence-corrected chi connectivity index (χ1v) is 53.4. The van der Waals surface area contributed by atoms with Crippen molar-refractivity contribution in [3.05, 3.63) is 332 Å². The van der Waals surface area contributed by atoms with Crippen molar-refractivity contribution in [3.8, 4) is 23.0 Å². The van der Waals surface area contributed by atoms with Crippen LogP contribution in [0.25, 0.3) is 21.5 Å². The minimum Gasteiger partial charge on any atom is -0.748 e. The Bertz CT molecular complexity index is 7490. The number of phenolic OH excluding ortho intramolecular Hbond substituents is 3. The molecule has 13 aromatic carbocycles. The van der Waals surface area contributed by atoms with Gasteiger partial charge >= 0.3 is 23.9 Å². The van der Waals surface area contributed by atoms with E-state index < -0.39 is 142 Å². The number of halogens is 3. The summed E-state index contributed by atoms with van der Waals surface area (Å²) in [5.41, 5.74) is 0.742. The van der Waals surface area contributed by atoms with E-state index >= 15 is 0 Å². The quantitative estimate of drug-likeness (QED) is 0.0205. The van der Waals surface area contributed by atoms with E-state index in [9.17, 15) is 125 Å². The lowest BCUT2D eigenvalue weighted by Gasteiger charge is -2.24. The fraction of sp³-hybridized carbons (Fsp3) is 0.141. The average Bonchev–Trinajstić information content (AvgIpc) is 0.773. The SMILES string of the molecule is CC(C)c1cc(C(C)C)c(S(=O)(=O)[O-])c(C(C)C)c1.COC(=O)c1cc(C(=O)OC)cc(S(=O)(=O)[O-])c1.COc1cc(O)c(C(=O)c2ccccc2)cc1S(=O)(=O)[O-].CS(=O)(=O)[O-].Clc1ccc([S+](c2ccc(Cl)cc2)c2ccc(Cl)cc2)cc1.O=C(O)c1cc(C(=O)O)cc(S(=O)(=O)[O-])c1.O=S(=O)([O-])c1ccc(O)cc1.O=S(=O)([O-])c1ccc2cc(O)ccc2c1.O=S(=O)([O-])c1ccc2ccccc2c1. The maximum Gasteiger partial charge on any atom is 0.337 e. The van der Waals surface area contributed by atoms with Gasteiger partial charge in [-0.05, 0) is 232 Å². The Labute approximate surface area is 829 Å². The van der Waals surface area contributed by atoms with Gasteiger partial charge in [-0.3, -0.25) is 4.79 Å². The number of ketones is 1. The molecule has 0 bridgehead atoms. The smallest absolute Gasteiger partial charge is 0.337 e. The molecule has 0 radical (unpaired) electrons. The molecule has 0 amide bonds. The first-order chi connectivity index (χ1) is 65.1. The number of hydrogen-bond donors (Lipinski definition) is 5. The summed E-state index contributed by atoms with van der Waals surface area (Å²) in [6.45, 7) is 11.8. The highest BCUT2D eigenvalue weighted by Gasteiger charge is 2.30. The van der Waals surface area contributed by atoms with Crippen molar-refractivity contribution in [3.63, 3.8) is 0 Å². The van der Waals surface area contributed by atoms with Crippen LogP contribution in [-0.2, 0) is 101 Å². The maximum atomic E-state index is 12.2. The molecule has 0 atom stereocenters. The largest absolute Gasteiger partial charge is 0.748 e. The van der Waals surface area contributed by atoms with Gasteiger partial charge in [0.25, 0.3) is 0 Å². The van der Waals surface area contributed by atoms with Gasteiger partial charge in [-0.25, -0.2) is 86.5 Å². The van der Waals surface area contributed by atoms with E-state index in [4.69, 9.17) is 67.8 Å². The number of hydrogen-bond acceptors (Lipinski definition) is 35. The summed E-state index contributed by atoms with van der Waals surface area (Å²) in [4.78, 5) is 56.5. The zero-order valence-corrected chi connectivity index (χ0v) is 84.4. The van der Waals surface area contributed by atoms with Crippen molar-refractivity contribution in [1.29, 1.82) is 0 Å². The van der Waals surface area contributed by atoms with Crippen LogP contribution in [0.2, 0.25) is 15.1 Å². The summed E-state index contributed by atoms with van der Waals surface area (Å²) in [7, 11) is -32.9. The molecule has 0 aromatic heterocycles. The van der Waals surface area contributed by atoms with E-state index in [-0.39, 0.29) is 81.8 Å². The number of methoxy groups -OCH3 is 3. The van der Waals surface area contributed by atoms with E-state index in [2.05, 4.69) is 59.7 Å². The number of rotatable bonds is 20. The number of aromatic carboxylic acids is 2. The van der Waals surface area contributed by atoms with E-state index in [0.29, 0.717) is 46.2 Å². The Hall–Kier alpha value is -12.4. The Kier molecular flexibility index (Phi) is 43.4. The molecule has 0 aliphatic rings. The molecule has 5 N–H and O–H groups in total. The number of carboxylic acid groups (broad SMARTS) is 2. The third-order valence-corrected chi connectivity index (χ3v) is 27.2. The summed E-state index contributed by atoms with van der Waals surface area (Å²) in [5.74, 6) is -5.81. The van der Waals surface area contributed by atoms with Crippen LogP contribution in [0, 0.1) is 0 Å². The molecule has 754 valence electrons. The Morgan fingerprint density at radius 2 is 0.652 bits per heavy atom. The van der Waals surface area contributed by atoms with Crippen LogP contribution in [0.1, 0.15) is 133 Å². The summed E-state index contributed by atoms with van der Waals surface area (Å²) in [5, 5.41) is 50.1. The first kappa shape index (κ1) is 119. The number of carboxylic acids is 2. The zero-order valence-electron chi connectivity index (χ0n) is 74.7. The molecule has 0 unspecified atom stereocenters. The van der Waals surface area contributed by atoms with Crippen LogP contribution in [0.4, 0.5) is 0 Å². The van der Waals surface area contributed by atoms with Gasteiger partial charge in [-0.2, -0.15) is 0 Å². The standard InChI is InChI=1S/C18H12Cl3S.C15H24O3S.C14H12O6S.C10H10O7S.C10H8O4S.C10H8O3S.C8H6O7S.C6H6O4S.CH4O3S/c19-13-1-7-16(8-2-13)22(17-9-3-14(20)4-10-17)18-11-5-15(21)6-12-18;1-9(2)12-7-13(10(3)4)15(19(16,17)18)14(8-12)11(5)6;1-20-12-8-11(15)10(7-13(12)21(17,18)19)14(16)9-5-3-2-4-6-9;1-16-9(11)6-3-7(10(12)17-2)5-8(4-6)18(13,14)15;11-9-3-1-8-6-10(15(12,13)14)4-2-7(8)5-9;11-14(12,13)10-6-5-8-3-1-2-4-9(8)7-10;9-7(10)4-1-5(8(11)12)3-6(2-4)16(13,14)15;7-5-1-3-6(4-2-5)11(8,9)10;1-5(2,3)4/h1-12H;7-11H,1-6H3,(H,16,17,18);2-8,15H,1H3,(H,17,18,19);3-5H,1-2H3,(H,13,14,15);1-6,11H,(H,12,13,14);1-7H,(H,11,12,13);1-3H,(H,9,10)(H,11,12)(H,13,14,15);1-4,7H,(H,8,9,10);1H3,(H,2,3,4)/q+1;;;;;;;;/p-8. The normalized spacial score (nSPS) is 11.4. The average molecular weight is 2170 g/mol. The zero-order chi connectivity index (χ0) is 107. The van der Waals surface area contributed by atoms with Gasteiger partial charge in [0.15, 0.2) is 20.5 Å². The van der Waals surface area contributed by atoms with E-state index in [1.54, 1.807) is 42.5 Å². The van der Waals surface area contributed by atoms with E-state index in [1.165, 1.54) is 69.3 Å². The molecule has 0 saturated carbocycles. The molecule has 0 aliphatic carbocycles. The van der Waals surface area contributed by atoms with Crippen LogP contribution in [0.15, 0.2) is 316 Å². The van der Waals surface area contributed by atoms with Crippen molar-refractivity contribution in [1.82, 2.24) is 0 Å². The second-order valence-corrected chi connectivity index (χ2v) is 43.8. The highest BCUT2D eigenvalue weighted by Crippen LogP contribution is 2.38. The summed E-state index contributed by atoms with van der Waals surface area (Å²) >= 11 is 18.1. The Morgan fingerprint density at radius 3 is 0.993 bits per heavy atom. The molecular formula is C92H82Cl3O37S9-7. The number of aromatic hydroxyl groups is 3. The molecule has 0 heterocycles. The highest BCUT2D eigenvalue weighted by atomic mass is 35.5. The molecule has 0 aliphatic heterocycles. The minimum absolute atomic E-state index is 0.00919. The second kappa shape index (κ2) is 51.4. The van der Waals surface area contributed by atoms with Gasteiger partial charge in [0.2, 0.25) is 0 Å². The van der Waals surface area contributed by atoms with Crippen molar-refractivity contribution in [2.75, 3.05) is 27.6 Å². The molecule has 37 nitrogen and oxygen atoms in total. The monoisotopic (exact) mass is 2170 g/mol. The van der Waals surface area contributed by atoms with Crippen LogP contribution in [0.5, 0.6) is 23.0 Å². The molecule has 0 spiro atoms. The van der Waals surface area contributed by atoms with Crippen LogP contribution in [-0.4, -0.2) is 187 Å². The number of esters is 2. The summed E-state index contributed by atoms with van der Waals surface area (Å²) in [6, 6.07) is 66.6. The minimum atomic E-state index is -4.89. The maximum absolute atomic E-state index is 12.2. The van der Waals surface area contributed by atoms with Crippen molar-refractivity contribution in [2.45, 2.75) is 108 Å². The lowest BCUT2D eigenvalue weighted by atomic mass is 9.89. The van der Waals surface area contributed by atoms with Crippen molar-refractivity contribution < 1.29 is 167 Å². The van der Waals surface area contributed by atoms with Gasteiger partial charge in [-0.1, -0.05) is 161 Å². The van der Waals surface area contributed by atoms with E-state index in [0.717, 1.165) is 113 Å². The summed E-state index contributed by atoms with van der Waals surface area (Å²) in [6.07, 6.45) is 0.604. The molecule has 13 aromatic rings. The summed E-state index contributed by atoms with van der Waals surface area (Å²) < 4.78 is 269. The Balaban J connectivity index is 0.000000284. The van der Waals surface area contributed by atoms with Gasteiger partial charge in [0.1, 0.15) is 93.8 Å². The Morgan fingerprint density at radius 1 is 0.326 bits per heavy atom. The highest BCUT2D eigenvalue weighted by molar-refractivity contribution is 7.97. The van der Waals surface area contributed by atoms with Crippen LogP contribution < -0.4 is 4.74 Å². The number of fused-ring (bicyclic) bond motifs is 2. The lowest BCUT2D eigenvalue weighted by molar-refractivity contribution is 0.0594. The number of carbonyl (C=O) groups excluding carboxylic acids is 3. The fourth-order valence-corrected chi connectivity index (χ4v) is 18.4. The fourth-order valence-electron chi connectivity index (χ4n) is 11.6. The number of benzene rings is 13.